The number of carbonyl (C=O) groups excluding carboxylic acids is 3. The molecule has 1 saturated heterocycles. The fourth-order valence-corrected chi connectivity index (χ4v) is 5.36. The van der Waals surface area contributed by atoms with E-state index in [1.165, 1.54) is 43.4 Å². The number of nitrogens with one attached hydrogen (secondary N) is 1. The summed E-state index contributed by atoms with van der Waals surface area (Å²) in [6.45, 7) is 4.97. The van der Waals surface area contributed by atoms with E-state index in [-0.39, 0.29) is 36.2 Å². The lowest BCUT2D eigenvalue weighted by atomic mass is 9.79. The first kappa shape index (κ1) is 21.0. The summed E-state index contributed by atoms with van der Waals surface area (Å²) in [6, 6.07) is 5.29. The number of hydrogen-bond donors (Lipinski definition) is 1. The third-order valence-corrected chi connectivity index (χ3v) is 7.11. The third kappa shape index (κ3) is 4.15. The van der Waals surface area contributed by atoms with E-state index in [0.717, 1.165) is 31.5 Å². The molecule has 0 aromatic heterocycles. The van der Waals surface area contributed by atoms with Crippen LogP contribution in [-0.4, -0.2) is 59.2 Å². The Bertz CT molecular complexity index is 823. The molecular weight excluding hydrogens is 378 g/mol. The molecule has 6 heteroatoms. The minimum Gasteiger partial charge on any atom is -0.354 e. The number of piperidine rings is 1. The lowest BCUT2D eigenvalue weighted by Gasteiger charge is -2.48. The van der Waals surface area contributed by atoms with Crippen molar-refractivity contribution in [3.63, 3.8) is 0 Å². The van der Waals surface area contributed by atoms with Crippen molar-refractivity contribution in [1.29, 1.82) is 0 Å². The summed E-state index contributed by atoms with van der Waals surface area (Å²) in [5.41, 5.74) is 1.93. The summed E-state index contributed by atoms with van der Waals surface area (Å²) in [7, 11) is 0. The highest BCUT2D eigenvalue weighted by molar-refractivity contribution is 6.21. The first-order valence-electron chi connectivity index (χ1n) is 11.5. The normalized spacial score (nSPS) is 21.6. The molecule has 2 fully saturated rings. The monoisotopic (exact) mass is 411 g/mol. The molecule has 1 saturated carbocycles. The second kappa shape index (κ2) is 8.88. The average molecular weight is 412 g/mol. The number of amides is 3. The first-order valence-corrected chi connectivity index (χ1v) is 11.5. The van der Waals surface area contributed by atoms with Gasteiger partial charge in [0.05, 0.1) is 11.1 Å². The number of fused-ring (bicyclic) bond motifs is 1. The highest BCUT2D eigenvalue weighted by atomic mass is 16.2. The van der Waals surface area contributed by atoms with Crippen LogP contribution < -0.4 is 5.32 Å². The van der Waals surface area contributed by atoms with Crippen LogP contribution in [-0.2, 0) is 4.79 Å². The van der Waals surface area contributed by atoms with Gasteiger partial charge < -0.3 is 5.32 Å². The highest BCUT2D eigenvalue weighted by Crippen LogP contribution is 2.35. The maximum atomic E-state index is 12.6. The highest BCUT2D eigenvalue weighted by Gasteiger charge is 2.39. The molecule has 2 aliphatic heterocycles. The molecule has 1 aromatic rings. The number of nitrogens with zero attached hydrogens (tertiary/aromatic N) is 2. The van der Waals surface area contributed by atoms with Crippen LogP contribution in [0, 0.1) is 6.92 Å². The van der Waals surface area contributed by atoms with E-state index >= 15 is 0 Å². The topological polar surface area (TPSA) is 69.7 Å². The second-order valence-corrected chi connectivity index (χ2v) is 9.17. The summed E-state index contributed by atoms with van der Waals surface area (Å²) in [5.74, 6) is -0.659. The summed E-state index contributed by atoms with van der Waals surface area (Å²) in [6.07, 6.45) is 9.96. The fourth-order valence-electron chi connectivity index (χ4n) is 5.36. The van der Waals surface area contributed by atoms with E-state index in [4.69, 9.17) is 0 Å². The SMILES string of the molecule is Cc1ccc2c(c1)C(=O)N(CCC(=O)NCC1(N3CCCCC3)CCCCC1)C2=O. The van der Waals surface area contributed by atoms with Crippen LogP contribution in [0.25, 0.3) is 0 Å². The van der Waals surface area contributed by atoms with Gasteiger partial charge in [-0.15, -0.1) is 0 Å². The molecule has 30 heavy (non-hydrogen) atoms. The maximum absolute atomic E-state index is 12.6. The van der Waals surface area contributed by atoms with E-state index in [0.29, 0.717) is 17.7 Å². The van der Waals surface area contributed by atoms with Gasteiger partial charge in [-0.1, -0.05) is 37.3 Å². The number of carbonyl (C=O) groups is 3. The van der Waals surface area contributed by atoms with Crippen molar-refractivity contribution in [3.8, 4) is 0 Å². The van der Waals surface area contributed by atoms with E-state index in [1.807, 2.05) is 13.0 Å². The lowest BCUT2D eigenvalue weighted by molar-refractivity contribution is -0.122. The number of aryl methyl sites for hydroxylation is 1. The predicted octanol–water partition coefficient (Wildman–Crippen LogP) is 3.29. The molecule has 0 radical (unpaired) electrons. The van der Waals surface area contributed by atoms with E-state index in [9.17, 15) is 14.4 Å². The van der Waals surface area contributed by atoms with Crippen molar-refractivity contribution >= 4 is 17.7 Å². The van der Waals surface area contributed by atoms with Crippen LogP contribution in [0.15, 0.2) is 18.2 Å². The van der Waals surface area contributed by atoms with Gasteiger partial charge in [-0.25, -0.2) is 0 Å². The Hall–Kier alpha value is -2.21. The van der Waals surface area contributed by atoms with Crippen LogP contribution in [0.1, 0.15) is 84.1 Å². The molecule has 4 rings (SSSR count). The number of hydrogen-bond acceptors (Lipinski definition) is 4. The molecule has 0 atom stereocenters. The number of imide groups is 1. The van der Waals surface area contributed by atoms with Gasteiger partial charge in [0.1, 0.15) is 0 Å². The summed E-state index contributed by atoms with van der Waals surface area (Å²) in [5, 5.41) is 3.14. The van der Waals surface area contributed by atoms with Crippen molar-refractivity contribution < 1.29 is 14.4 Å². The van der Waals surface area contributed by atoms with Gasteiger partial charge in [0.2, 0.25) is 5.91 Å². The van der Waals surface area contributed by atoms with Crippen molar-refractivity contribution in [2.75, 3.05) is 26.2 Å². The molecule has 1 aliphatic carbocycles. The first-order chi connectivity index (χ1) is 14.5. The van der Waals surface area contributed by atoms with Gasteiger partial charge in [-0.05, 0) is 57.8 Å². The predicted molar refractivity (Wildman–Crippen MR) is 115 cm³/mol. The Balaban J connectivity index is 1.33. The molecule has 0 unspecified atom stereocenters. The Labute approximate surface area is 179 Å². The average Bonchev–Trinajstić information content (AvgIpc) is 3.01. The summed E-state index contributed by atoms with van der Waals surface area (Å²) >= 11 is 0. The van der Waals surface area contributed by atoms with Crippen molar-refractivity contribution in [2.45, 2.75) is 70.3 Å². The summed E-state index contributed by atoms with van der Waals surface area (Å²) < 4.78 is 0. The molecule has 6 nitrogen and oxygen atoms in total. The summed E-state index contributed by atoms with van der Waals surface area (Å²) in [4.78, 5) is 41.6. The number of rotatable bonds is 6. The second-order valence-electron chi connectivity index (χ2n) is 9.17. The molecule has 0 spiro atoms. The molecule has 1 N–H and O–H groups in total. The minimum atomic E-state index is -0.292. The quantitative estimate of drug-likeness (QED) is 0.730. The molecule has 3 aliphatic rings. The maximum Gasteiger partial charge on any atom is 0.261 e. The zero-order valence-corrected chi connectivity index (χ0v) is 18.0. The standard InChI is InChI=1S/C24H33N3O3/c1-18-8-9-19-20(16-18)23(30)27(22(19)29)15-10-21(28)25-17-24(11-4-2-5-12-24)26-13-6-3-7-14-26/h8-9,16H,2-7,10-15,17H2,1H3,(H,25,28). The Morgan fingerprint density at radius 2 is 1.63 bits per heavy atom. The Morgan fingerprint density at radius 1 is 0.967 bits per heavy atom. The number of benzene rings is 1. The van der Waals surface area contributed by atoms with Gasteiger partial charge in [-0.2, -0.15) is 0 Å². The minimum absolute atomic E-state index is 0.0790. The molecule has 162 valence electrons. The molecule has 0 bridgehead atoms. The van der Waals surface area contributed by atoms with Crippen molar-refractivity contribution in [3.05, 3.63) is 34.9 Å². The molecule has 2 heterocycles. The molecule has 3 amide bonds. The third-order valence-electron chi connectivity index (χ3n) is 7.11. The van der Waals surface area contributed by atoms with Gasteiger partial charge in [0.15, 0.2) is 0 Å². The molecule has 1 aromatic carbocycles. The van der Waals surface area contributed by atoms with Crippen LogP contribution >= 0.6 is 0 Å². The van der Waals surface area contributed by atoms with Crippen LogP contribution in [0.5, 0.6) is 0 Å². The Kier molecular flexibility index (Phi) is 6.23. The smallest absolute Gasteiger partial charge is 0.261 e. The lowest BCUT2D eigenvalue weighted by Crippen LogP contribution is -2.58. The van der Waals surface area contributed by atoms with Crippen LogP contribution in [0.3, 0.4) is 0 Å². The van der Waals surface area contributed by atoms with Gasteiger partial charge in [0.25, 0.3) is 11.8 Å². The van der Waals surface area contributed by atoms with Crippen LogP contribution in [0.2, 0.25) is 0 Å². The Morgan fingerprint density at radius 3 is 2.37 bits per heavy atom. The zero-order chi connectivity index (χ0) is 21.1. The van der Waals surface area contributed by atoms with E-state index in [2.05, 4.69) is 10.2 Å². The zero-order valence-electron chi connectivity index (χ0n) is 18.0. The van der Waals surface area contributed by atoms with E-state index in [1.54, 1.807) is 12.1 Å². The largest absolute Gasteiger partial charge is 0.354 e. The fraction of sp³-hybridized carbons (Fsp3) is 0.625. The van der Waals surface area contributed by atoms with Gasteiger partial charge in [-0.3, -0.25) is 24.2 Å². The molecular formula is C24H33N3O3. The van der Waals surface area contributed by atoms with E-state index < -0.39 is 0 Å². The van der Waals surface area contributed by atoms with Crippen LogP contribution in [0.4, 0.5) is 0 Å². The van der Waals surface area contributed by atoms with Gasteiger partial charge >= 0.3 is 0 Å². The van der Waals surface area contributed by atoms with Crippen molar-refractivity contribution in [1.82, 2.24) is 15.1 Å². The number of likely N-dealkylation sites (tertiary alicyclic amines) is 1. The van der Waals surface area contributed by atoms with Gasteiger partial charge in [0, 0.05) is 25.0 Å². The van der Waals surface area contributed by atoms with Crippen molar-refractivity contribution in [2.24, 2.45) is 0 Å².